The molecule has 3 rings (SSSR count). The minimum atomic E-state index is -0.762. The van der Waals surface area contributed by atoms with Crippen LogP contribution in [0.25, 0.3) is 0 Å². The summed E-state index contributed by atoms with van der Waals surface area (Å²) in [7, 11) is 0. The van der Waals surface area contributed by atoms with E-state index >= 15 is 0 Å². The SMILES string of the molecule is C=C1C[C@]2(C)C(=O)C(C)(C)[C@H]1C=C2C(=O)OCC. The average molecular weight is 248 g/mol. The fraction of sp³-hybridized carbons (Fsp3) is 0.600. The van der Waals surface area contributed by atoms with Gasteiger partial charge in [-0.3, -0.25) is 4.79 Å². The van der Waals surface area contributed by atoms with Crippen molar-refractivity contribution in [2.24, 2.45) is 16.7 Å². The Balaban J connectivity index is 2.53. The lowest BCUT2D eigenvalue weighted by molar-refractivity contribution is -0.148. The van der Waals surface area contributed by atoms with Crippen molar-refractivity contribution in [1.29, 1.82) is 0 Å². The van der Waals surface area contributed by atoms with Crippen molar-refractivity contribution in [1.82, 2.24) is 0 Å². The minimum Gasteiger partial charge on any atom is -0.463 e. The van der Waals surface area contributed by atoms with Gasteiger partial charge < -0.3 is 4.74 Å². The molecule has 0 saturated heterocycles. The molecule has 0 aromatic rings. The number of carbonyl (C=O) groups excluding carboxylic acids is 2. The summed E-state index contributed by atoms with van der Waals surface area (Å²) in [6.07, 6.45) is 2.45. The number of carbonyl (C=O) groups is 2. The summed E-state index contributed by atoms with van der Waals surface area (Å²) in [4.78, 5) is 24.6. The predicted molar refractivity (Wildman–Crippen MR) is 68.9 cm³/mol. The highest BCUT2D eigenvalue weighted by atomic mass is 16.5. The first kappa shape index (κ1) is 13.1. The van der Waals surface area contributed by atoms with E-state index in [1.807, 2.05) is 26.8 Å². The summed E-state index contributed by atoms with van der Waals surface area (Å²) >= 11 is 0. The lowest BCUT2D eigenvalue weighted by Gasteiger charge is -2.51. The second kappa shape index (κ2) is 3.81. The van der Waals surface area contributed by atoms with Crippen molar-refractivity contribution in [2.45, 2.75) is 34.1 Å². The highest BCUT2D eigenvalue weighted by Gasteiger charge is 2.58. The average Bonchev–Trinajstić information content (AvgIpc) is 2.25. The number of rotatable bonds is 2. The Morgan fingerprint density at radius 2 is 2.11 bits per heavy atom. The lowest BCUT2D eigenvalue weighted by Crippen LogP contribution is -2.54. The van der Waals surface area contributed by atoms with E-state index in [1.165, 1.54) is 0 Å². The third-order valence-electron chi connectivity index (χ3n) is 4.31. The van der Waals surface area contributed by atoms with Gasteiger partial charge in [-0.2, -0.15) is 0 Å². The van der Waals surface area contributed by atoms with E-state index in [0.717, 1.165) is 5.57 Å². The molecule has 0 aromatic carbocycles. The monoisotopic (exact) mass is 248 g/mol. The maximum absolute atomic E-state index is 12.6. The molecule has 1 fully saturated rings. The van der Waals surface area contributed by atoms with E-state index in [0.29, 0.717) is 18.6 Å². The normalized spacial score (nSPS) is 33.3. The molecule has 0 aromatic heterocycles. The van der Waals surface area contributed by atoms with Gasteiger partial charge in [0.2, 0.25) is 0 Å². The van der Waals surface area contributed by atoms with Gasteiger partial charge in [0.05, 0.1) is 12.0 Å². The Morgan fingerprint density at radius 1 is 1.50 bits per heavy atom. The van der Waals surface area contributed by atoms with Crippen molar-refractivity contribution >= 4 is 11.8 Å². The molecular weight excluding hydrogens is 228 g/mol. The number of hydrogen-bond acceptors (Lipinski definition) is 3. The van der Waals surface area contributed by atoms with Crippen LogP contribution in [0, 0.1) is 16.7 Å². The second-order valence-corrected chi connectivity index (χ2v) is 6.00. The molecule has 0 unspecified atom stereocenters. The third-order valence-corrected chi connectivity index (χ3v) is 4.31. The van der Waals surface area contributed by atoms with Crippen molar-refractivity contribution in [3.63, 3.8) is 0 Å². The first-order valence-corrected chi connectivity index (χ1v) is 6.37. The number of Topliss-reactive ketones (excluding diaryl/α,β-unsaturated/α-hetero) is 1. The molecule has 0 heterocycles. The summed E-state index contributed by atoms with van der Waals surface area (Å²) < 4.78 is 5.06. The number of fused-ring (bicyclic) bond motifs is 2. The summed E-state index contributed by atoms with van der Waals surface area (Å²) in [6, 6.07) is 0. The first-order chi connectivity index (χ1) is 8.25. The molecule has 0 amide bonds. The lowest BCUT2D eigenvalue weighted by atomic mass is 9.50. The zero-order chi connectivity index (χ0) is 13.7. The van der Waals surface area contributed by atoms with Crippen LogP contribution in [0.2, 0.25) is 0 Å². The molecule has 0 radical (unpaired) electrons. The van der Waals surface area contributed by atoms with Crippen molar-refractivity contribution < 1.29 is 14.3 Å². The summed E-state index contributed by atoms with van der Waals surface area (Å²) in [6.45, 7) is 11.9. The quantitative estimate of drug-likeness (QED) is 0.557. The predicted octanol–water partition coefficient (Wildman–Crippen LogP) is 2.67. The zero-order valence-corrected chi connectivity index (χ0v) is 11.5. The molecule has 2 atom stereocenters. The Kier molecular flexibility index (Phi) is 2.76. The fourth-order valence-electron chi connectivity index (χ4n) is 3.40. The highest BCUT2D eigenvalue weighted by Crippen LogP contribution is 2.57. The van der Waals surface area contributed by atoms with E-state index < -0.39 is 10.8 Å². The Morgan fingerprint density at radius 3 is 2.67 bits per heavy atom. The van der Waals surface area contributed by atoms with Gasteiger partial charge in [0.15, 0.2) is 0 Å². The van der Waals surface area contributed by atoms with Gasteiger partial charge in [-0.05, 0) is 20.3 Å². The van der Waals surface area contributed by atoms with Gasteiger partial charge in [-0.1, -0.05) is 32.1 Å². The van der Waals surface area contributed by atoms with E-state index in [4.69, 9.17) is 4.74 Å². The number of ether oxygens (including phenoxy) is 1. The van der Waals surface area contributed by atoms with Crippen molar-refractivity contribution in [2.75, 3.05) is 6.61 Å². The standard InChI is InChI=1S/C15H20O3/c1-6-18-12(16)11-7-10-9(2)8-15(11,5)13(17)14(10,3)4/h7,10H,2,6,8H2,1,3-5H3/t10-,15-/m0/s1. The molecule has 3 nitrogen and oxygen atoms in total. The molecule has 2 bridgehead atoms. The number of allylic oxidation sites excluding steroid dienone is 2. The van der Waals surface area contributed by atoms with Gasteiger partial charge >= 0.3 is 5.97 Å². The molecule has 3 heteroatoms. The van der Waals surface area contributed by atoms with E-state index in [-0.39, 0.29) is 17.7 Å². The van der Waals surface area contributed by atoms with Crippen molar-refractivity contribution in [3.8, 4) is 0 Å². The summed E-state index contributed by atoms with van der Waals surface area (Å²) in [5.74, 6) is -0.287. The van der Waals surface area contributed by atoms with Crippen LogP contribution in [-0.2, 0) is 14.3 Å². The van der Waals surface area contributed by atoms with Crippen LogP contribution in [0.1, 0.15) is 34.1 Å². The Labute approximate surface area is 108 Å². The van der Waals surface area contributed by atoms with E-state index in [2.05, 4.69) is 6.58 Å². The van der Waals surface area contributed by atoms with Crippen LogP contribution in [0.4, 0.5) is 0 Å². The van der Waals surface area contributed by atoms with Gasteiger partial charge in [-0.15, -0.1) is 0 Å². The number of hydrogen-bond donors (Lipinski definition) is 0. The summed E-state index contributed by atoms with van der Waals surface area (Å²) in [5, 5.41) is 0. The highest BCUT2D eigenvalue weighted by molar-refractivity contribution is 6.05. The Bertz CT molecular complexity index is 470. The topological polar surface area (TPSA) is 43.4 Å². The first-order valence-electron chi connectivity index (χ1n) is 6.37. The second-order valence-electron chi connectivity index (χ2n) is 6.00. The molecule has 0 N–H and O–H groups in total. The maximum atomic E-state index is 12.6. The van der Waals surface area contributed by atoms with Crippen LogP contribution in [0.3, 0.4) is 0 Å². The smallest absolute Gasteiger partial charge is 0.334 e. The van der Waals surface area contributed by atoms with Gasteiger partial charge in [0.25, 0.3) is 0 Å². The molecule has 98 valence electrons. The van der Waals surface area contributed by atoms with Gasteiger partial charge in [0, 0.05) is 16.9 Å². The van der Waals surface area contributed by atoms with Crippen LogP contribution >= 0.6 is 0 Å². The molecule has 18 heavy (non-hydrogen) atoms. The summed E-state index contributed by atoms with van der Waals surface area (Å²) in [5.41, 5.74) is 0.322. The molecule has 0 aliphatic heterocycles. The minimum absolute atomic E-state index is 0.0498. The zero-order valence-electron chi connectivity index (χ0n) is 11.5. The van der Waals surface area contributed by atoms with E-state index in [1.54, 1.807) is 6.92 Å². The van der Waals surface area contributed by atoms with Gasteiger partial charge in [-0.25, -0.2) is 4.79 Å². The molecule has 1 saturated carbocycles. The maximum Gasteiger partial charge on any atom is 0.334 e. The van der Waals surface area contributed by atoms with Crippen molar-refractivity contribution in [3.05, 3.63) is 23.8 Å². The number of esters is 1. The van der Waals surface area contributed by atoms with Gasteiger partial charge in [0.1, 0.15) is 5.78 Å². The third kappa shape index (κ3) is 1.49. The van der Waals surface area contributed by atoms with Crippen LogP contribution < -0.4 is 0 Å². The van der Waals surface area contributed by atoms with E-state index in [9.17, 15) is 9.59 Å². The molecular formula is C15H20O3. The number of ketones is 1. The fourth-order valence-corrected chi connectivity index (χ4v) is 3.40. The largest absolute Gasteiger partial charge is 0.463 e. The molecule has 0 spiro atoms. The molecule has 3 aliphatic rings. The van der Waals surface area contributed by atoms with Crippen LogP contribution in [0.15, 0.2) is 23.8 Å². The van der Waals surface area contributed by atoms with Crippen LogP contribution in [-0.4, -0.2) is 18.4 Å². The molecule has 3 aliphatic carbocycles. The Hall–Kier alpha value is -1.38. The van der Waals surface area contributed by atoms with Crippen LogP contribution in [0.5, 0.6) is 0 Å².